The van der Waals surface area contributed by atoms with Gasteiger partial charge in [0.2, 0.25) is 0 Å². The molecule has 2 atom stereocenters. The molecule has 3 fully saturated rings. The number of rotatable bonds is 4. The summed E-state index contributed by atoms with van der Waals surface area (Å²) in [5.41, 5.74) is 1.18. The number of hydrogen-bond acceptors (Lipinski definition) is 4. The van der Waals surface area contributed by atoms with Crippen molar-refractivity contribution in [3.63, 3.8) is 0 Å². The number of ether oxygens (including phenoxy) is 1. The molecule has 1 aromatic heterocycles. The number of likely N-dealkylation sites (tertiary alicyclic amines) is 1. The monoisotopic (exact) mass is 305 g/mol. The van der Waals surface area contributed by atoms with Crippen molar-refractivity contribution < 1.29 is 9.53 Å². The number of nitrogens with zero attached hydrogens (tertiary/aromatic N) is 4. The molecule has 22 heavy (non-hydrogen) atoms. The molecule has 3 aliphatic heterocycles. The minimum absolute atomic E-state index is 0.0992. The summed E-state index contributed by atoms with van der Waals surface area (Å²) in [4.78, 5) is 16.1. The number of carbonyl (C=O) groups is 1. The molecule has 0 saturated carbocycles. The first-order chi connectivity index (χ1) is 10.7. The van der Waals surface area contributed by atoms with Crippen LogP contribution in [0.5, 0.6) is 0 Å². The summed E-state index contributed by atoms with van der Waals surface area (Å²) < 4.78 is 7.76. The van der Waals surface area contributed by atoms with Crippen molar-refractivity contribution in [2.24, 2.45) is 13.0 Å². The van der Waals surface area contributed by atoms with Crippen LogP contribution in [0.4, 0.5) is 4.79 Å². The normalized spacial score (nSPS) is 29.9. The molecule has 1 aromatic rings. The predicted octanol–water partition coefficient (Wildman–Crippen LogP) is 0.207. The van der Waals surface area contributed by atoms with Crippen molar-refractivity contribution in [1.82, 2.24) is 24.9 Å². The first kappa shape index (κ1) is 14.0. The van der Waals surface area contributed by atoms with Crippen molar-refractivity contribution in [2.75, 3.05) is 39.3 Å². The maximum Gasteiger partial charge on any atom is 0.317 e. The van der Waals surface area contributed by atoms with Crippen LogP contribution in [0, 0.1) is 5.92 Å². The van der Waals surface area contributed by atoms with Crippen LogP contribution in [0.1, 0.15) is 18.1 Å². The fourth-order valence-corrected chi connectivity index (χ4v) is 3.83. The summed E-state index contributed by atoms with van der Waals surface area (Å²) in [7, 11) is 1.94. The lowest BCUT2D eigenvalue weighted by Gasteiger charge is -2.44. The molecule has 0 spiro atoms. The van der Waals surface area contributed by atoms with Gasteiger partial charge in [-0.2, -0.15) is 5.10 Å². The number of amides is 2. The number of urea groups is 1. The minimum atomic E-state index is 0.0992. The molecule has 0 aromatic carbocycles. The molecule has 3 saturated heterocycles. The van der Waals surface area contributed by atoms with Gasteiger partial charge in [-0.25, -0.2) is 4.79 Å². The summed E-state index contributed by atoms with van der Waals surface area (Å²) >= 11 is 0. The van der Waals surface area contributed by atoms with Crippen LogP contribution in [0.3, 0.4) is 0 Å². The highest BCUT2D eigenvalue weighted by Crippen LogP contribution is 2.35. The molecular formula is C15H23N5O2. The molecule has 7 heteroatoms. The molecule has 7 nitrogen and oxygen atoms in total. The second-order valence-corrected chi connectivity index (χ2v) is 6.59. The van der Waals surface area contributed by atoms with Crippen LogP contribution in [0.15, 0.2) is 12.4 Å². The average molecular weight is 305 g/mol. The highest BCUT2D eigenvalue weighted by molar-refractivity contribution is 5.76. The first-order valence-corrected chi connectivity index (χ1v) is 8.07. The Morgan fingerprint density at radius 1 is 1.45 bits per heavy atom. The third-order valence-corrected chi connectivity index (χ3v) is 5.03. The standard InChI is InChI=1S/C15H23N5O2/c1-18-7-12(6-17-18)14-11(2-5-22-14)8-19-9-13(10-19)20-4-3-16-15(20)21/h6-7,11,13-14H,2-5,8-10H2,1H3,(H,16,21)/t11-,14+/m1/s1. The van der Waals surface area contributed by atoms with E-state index in [1.807, 2.05) is 22.8 Å². The summed E-state index contributed by atoms with van der Waals surface area (Å²) in [6.07, 6.45) is 5.24. The maximum atomic E-state index is 11.7. The summed E-state index contributed by atoms with van der Waals surface area (Å²) in [6.45, 7) is 5.49. The number of carbonyl (C=O) groups excluding carboxylic acids is 1. The van der Waals surface area contributed by atoms with Gasteiger partial charge in [0.05, 0.1) is 18.3 Å². The van der Waals surface area contributed by atoms with E-state index in [9.17, 15) is 4.79 Å². The largest absolute Gasteiger partial charge is 0.373 e. The van der Waals surface area contributed by atoms with E-state index in [2.05, 4.69) is 21.5 Å². The molecule has 0 aliphatic carbocycles. The Morgan fingerprint density at radius 3 is 3.00 bits per heavy atom. The Bertz CT molecular complexity index is 554. The van der Waals surface area contributed by atoms with Gasteiger partial charge in [0.1, 0.15) is 0 Å². The van der Waals surface area contributed by atoms with Crippen LogP contribution >= 0.6 is 0 Å². The van der Waals surface area contributed by atoms with E-state index in [0.29, 0.717) is 12.0 Å². The van der Waals surface area contributed by atoms with E-state index in [1.165, 1.54) is 5.56 Å². The average Bonchev–Trinajstić information content (AvgIpc) is 3.15. The topological polar surface area (TPSA) is 62.6 Å². The first-order valence-electron chi connectivity index (χ1n) is 8.07. The molecule has 2 amide bonds. The van der Waals surface area contributed by atoms with Crippen molar-refractivity contribution in [3.8, 4) is 0 Å². The van der Waals surface area contributed by atoms with Crippen LogP contribution in [-0.2, 0) is 11.8 Å². The second kappa shape index (κ2) is 5.55. The van der Waals surface area contributed by atoms with Gasteiger partial charge in [-0.1, -0.05) is 0 Å². The lowest BCUT2D eigenvalue weighted by atomic mass is 9.94. The quantitative estimate of drug-likeness (QED) is 0.864. The highest BCUT2D eigenvalue weighted by atomic mass is 16.5. The molecule has 4 rings (SSSR count). The van der Waals surface area contributed by atoms with E-state index in [0.717, 1.165) is 45.8 Å². The molecule has 0 radical (unpaired) electrons. The molecule has 120 valence electrons. The van der Waals surface area contributed by atoms with E-state index < -0.39 is 0 Å². The van der Waals surface area contributed by atoms with E-state index >= 15 is 0 Å². The smallest absolute Gasteiger partial charge is 0.317 e. The number of aromatic nitrogens is 2. The zero-order valence-electron chi connectivity index (χ0n) is 12.9. The summed E-state index contributed by atoms with van der Waals surface area (Å²) in [5, 5.41) is 7.13. The zero-order valence-corrected chi connectivity index (χ0v) is 12.9. The lowest BCUT2D eigenvalue weighted by molar-refractivity contribution is 0.0302. The van der Waals surface area contributed by atoms with Gasteiger partial charge < -0.3 is 15.0 Å². The Hall–Kier alpha value is -1.60. The van der Waals surface area contributed by atoms with Crippen molar-refractivity contribution >= 4 is 6.03 Å². The Kier molecular flexibility index (Phi) is 3.54. The molecule has 0 unspecified atom stereocenters. The molecular weight excluding hydrogens is 282 g/mol. The molecule has 0 bridgehead atoms. The second-order valence-electron chi connectivity index (χ2n) is 6.59. The van der Waals surface area contributed by atoms with Gasteiger partial charge in [-0.15, -0.1) is 0 Å². The van der Waals surface area contributed by atoms with Crippen LogP contribution in [-0.4, -0.2) is 71.0 Å². The van der Waals surface area contributed by atoms with E-state index in [4.69, 9.17) is 4.74 Å². The van der Waals surface area contributed by atoms with Gasteiger partial charge in [0.15, 0.2) is 0 Å². The maximum absolute atomic E-state index is 11.7. The molecule has 1 N–H and O–H groups in total. The lowest BCUT2D eigenvalue weighted by Crippen LogP contribution is -2.60. The Labute approximate surface area is 130 Å². The van der Waals surface area contributed by atoms with Crippen LogP contribution in [0.25, 0.3) is 0 Å². The fourth-order valence-electron chi connectivity index (χ4n) is 3.83. The minimum Gasteiger partial charge on any atom is -0.373 e. The number of nitrogens with one attached hydrogen (secondary N) is 1. The van der Waals surface area contributed by atoms with E-state index in [1.54, 1.807) is 0 Å². The highest BCUT2D eigenvalue weighted by Gasteiger charge is 2.39. The zero-order chi connectivity index (χ0) is 15.1. The van der Waals surface area contributed by atoms with Gasteiger partial charge in [0.25, 0.3) is 0 Å². The van der Waals surface area contributed by atoms with Gasteiger partial charge in [-0.05, 0) is 6.42 Å². The van der Waals surface area contributed by atoms with Crippen LogP contribution < -0.4 is 5.32 Å². The summed E-state index contributed by atoms with van der Waals surface area (Å²) in [5.74, 6) is 0.526. The Balaban J connectivity index is 1.31. The van der Waals surface area contributed by atoms with Gasteiger partial charge >= 0.3 is 6.03 Å². The van der Waals surface area contributed by atoms with Gasteiger partial charge in [-0.3, -0.25) is 9.58 Å². The van der Waals surface area contributed by atoms with Crippen molar-refractivity contribution in [1.29, 1.82) is 0 Å². The number of aryl methyl sites for hydroxylation is 1. The van der Waals surface area contributed by atoms with Crippen molar-refractivity contribution in [2.45, 2.75) is 18.6 Å². The predicted molar refractivity (Wildman–Crippen MR) is 80.3 cm³/mol. The van der Waals surface area contributed by atoms with Crippen molar-refractivity contribution in [3.05, 3.63) is 18.0 Å². The SMILES string of the molecule is Cn1cc([C@H]2OCC[C@@H]2CN2CC(N3CCNC3=O)C2)cn1. The fraction of sp³-hybridized carbons (Fsp3) is 0.733. The Morgan fingerprint density at radius 2 is 2.32 bits per heavy atom. The van der Waals surface area contributed by atoms with Gasteiger partial charge in [0, 0.05) is 64.1 Å². The van der Waals surface area contributed by atoms with Crippen LogP contribution in [0.2, 0.25) is 0 Å². The molecule has 3 aliphatic rings. The third kappa shape index (κ3) is 2.48. The summed E-state index contributed by atoms with van der Waals surface area (Å²) in [6, 6.07) is 0.490. The molecule has 4 heterocycles. The van der Waals surface area contributed by atoms with E-state index in [-0.39, 0.29) is 12.1 Å². The third-order valence-electron chi connectivity index (χ3n) is 5.03. The number of hydrogen-bond donors (Lipinski definition) is 1.